The molecule has 0 saturated carbocycles. The lowest BCUT2D eigenvalue weighted by molar-refractivity contribution is 0.969. The Morgan fingerprint density at radius 3 is 2.93 bits per heavy atom. The molecule has 0 amide bonds. The normalized spacial score (nSPS) is 10.6. The van der Waals surface area contributed by atoms with Gasteiger partial charge in [0.2, 0.25) is 0 Å². The van der Waals surface area contributed by atoms with Crippen molar-refractivity contribution in [1.82, 2.24) is 4.57 Å². The van der Waals surface area contributed by atoms with Crippen LogP contribution in [-0.2, 0) is 13.5 Å². The molecule has 3 heteroatoms. The second kappa shape index (κ2) is 3.18. The van der Waals surface area contributed by atoms with E-state index in [-0.39, 0.29) is 5.84 Å². The van der Waals surface area contributed by atoms with Crippen molar-refractivity contribution in [2.24, 2.45) is 12.8 Å². The van der Waals surface area contributed by atoms with Gasteiger partial charge in [-0.2, -0.15) is 0 Å². The van der Waals surface area contributed by atoms with E-state index >= 15 is 0 Å². The summed E-state index contributed by atoms with van der Waals surface area (Å²) < 4.78 is 2.07. The van der Waals surface area contributed by atoms with Crippen LogP contribution in [0.5, 0.6) is 0 Å². The fourth-order valence-electron chi connectivity index (χ4n) is 1.73. The minimum absolute atomic E-state index is 0.210. The van der Waals surface area contributed by atoms with Crippen LogP contribution in [-0.4, -0.2) is 10.4 Å². The summed E-state index contributed by atoms with van der Waals surface area (Å²) in [7, 11) is 2.01. The minimum Gasteiger partial charge on any atom is -0.387 e. The quantitative estimate of drug-likeness (QED) is 0.545. The number of hydrogen-bond donors (Lipinski definition) is 2. The maximum absolute atomic E-state index is 7.28. The molecule has 14 heavy (non-hydrogen) atoms. The Kier molecular flexibility index (Phi) is 2.00. The van der Waals surface area contributed by atoms with Gasteiger partial charge in [0, 0.05) is 30.6 Å². The summed E-state index contributed by atoms with van der Waals surface area (Å²) >= 11 is 0. The lowest BCUT2D eigenvalue weighted by atomic mass is 10.1. The summed E-state index contributed by atoms with van der Waals surface area (Å²) in [5.41, 5.74) is 7.70. The fraction of sp³-hybridized carbons (Fsp3) is 0.182. The number of amidine groups is 1. The van der Waals surface area contributed by atoms with Crippen molar-refractivity contribution in [3.8, 4) is 0 Å². The van der Waals surface area contributed by atoms with E-state index in [4.69, 9.17) is 11.1 Å². The molecular weight excluding hydrogens is 174 g/mol. The molecule has 2 aromatic rings. The molecule has 0 aliphatic rings. The monoisotopic (exact) mass is 187 g/mol. The van der Waals surface area contributed by atoms with Crippen molar-refractivity contribution in [2.45, 2.75) is 6.42 Å². The first-order chi connectivity index (χ1) is 6.68. The molecule has 0 aliphatic carbocycles. The van der Waals surface area contributed by atoms with Crippen LogP contribution in [0.15, 0.2) is 30.5 Å². The molecule has 0 atom stereocenters. The van der Waals surface area contributed by atoms with Crippen molar-refractivity contribution in [2.75, 3.05) is 0 Å². The molecule has 72 valence electrons. The molecule has 1 aromatic heterocycles. The average Bonchev–Trinajstić information content (AvgIpc) is 2.49. The molecule has 1 heterocycles. The maximum Gasteiger partial charge on any atom is 0.0950 e. The molecule has 0 fully saturated rings. The second-order valence-electron chi connectivity index (χ2n) is 3.48. The highest BCUT2D eigenvalue weighted by Crippen LogP contribution is 2.19. The largest absolute Gasteiger partial charge is 0.387 e. The van der Waals surface area contributed by atoms with Gasteiger partial charge in [-0.1, -0.05) is 12.1 Å². The van der Waals surface area contributed by atoms with Crippen molar-refractivity contribution in [3.63, 3.8) is 0 Å². The molecular formula is C11H13N3. The lowest BCUT2D eigenvalue weighted by Crippen LogP contribution is -2.12. The molecule has 0 bridgehead atoms. The summed E-state index contributed by atoms with van der Waals surface area (Å²) in [4.78, 5) is 0. The third-order valence-corrected chi connectivity index (χ3v) is 2.40. The second-order valence-corrected chi connectivity index (χ2v) is 3.48. The van der Waals surface area contributed by atoms with Gasteiger partial charge < -0.3 is 10.3 Å². The van der Waals surface area contributed by atoms with Crippen molar-refractivity contribution in [3.05, 3.63) is 36.0 Å². The summed E-state index contributed by atoms with van der Waals surface area (Å²) in [5.74, 6) is 0.210. The van der Waals surface area contributed by atoms with Gasteiger partial charge in [-0.3, -0.25) is 5.41 Å². The number of aromatic nitrogens is 1. The first kappa shape index (κ1) is 8.81. The molecule has 2 rings (SSSR count). The van der Waals surface area contributed by atoms with Gasteiger partial charge in [0.15, 0.2) is 0 Å². The number of benzene rings is 1. The predicted octanol–water partition coefficient (Wildman–Crippen LogP) is 1.66. The third-order valence-electron chi connectivity index (χ3n) is 2.40. The van der Waals surface area contributed by atoms with Gasteiger partial charge in [0.1, 0.15) is 0 Å². The van der Waals surface area contributed by atoms with Crippen LogP contribution in [0.4, 0.5) is 0 Å². The highest BCUT2D eigenvalue weighted by Gasteiger charge is 2.03. The summed E-state index contributed by atoms with van der Waals surface area (Å²) in [6, 6.07) is 8.15. The Bertz CT molecular complexity index is 482. The maximum atomic E-state index is 7.28. The highest BCUT2D eigenvalue weighted by atomic mass is 14.9. The fourth-order valence-corrected chi connectivity index (χ4v) is 1.73. The van der Waals surface area contributed by atoms with Gasteiger partial charge in [-0.25, -0.2) is 0 Å². The first-order valence-corrected chi connectivity index (χ1v) is 4.54. The first-order valence-electron chi connectivity index (χ1n) is 4.54. The SMILES string of the molecule is Cn1ccc2c(CC(=N)N)cccc21. The minimum atomic E-state index is 0.210. The number of nitrogens with zero attached hydrogens (tertiary/aromatic N) is 1. The van der Waals surface area contributed by atoms with Crippen LogP contribution in [0, 0.1) is 5.41 Å². The number of fused-ring (bicyclic) bond motifs is 1. The van der Waals surface area contributed by atoms with Crippen LogP contribution >= 0.6 is 0 Å². The number of rotatable bonds is 2. The van der Waals surface area contributed by atoms with E-state index in [0.29, 0.717) is 6.42 Å². The molecule has 0 spiro atoms. The molecule has 0 radical (unpaired) electrons. The van der Waals surface area contributed by atoms with Gasteiger partial charge in [0.25, 0.3) is 0 Å². The average molecular weight is 187 g/mol. The van der Waals surface area contributed by atoms with E-state index in [1.54, 1.807) is 0 Å². The van der Waals surface area contributed by atoms with Crippen LogP contribution in [0.25, 0.3) is 10.9 Å². The number of nitrogens with two attached hydrogens (primary N) is 1. The topological polar surface area (TPSA) is 54.8 Å². The Balaban J connectivity index is 2.59. The summed E-state index contributed by atoms with van der Waals surface area (Å²) in [6.45, 7) is 0. The van der Waals surface area contributed by atoms with Crippen molar-refractivity contribution in [1.29, 1.82) is 5.41 Å². The molecule has 3 N–H and O–H groups in total. The van der Waals surface area contributed by atoms with E-state index in [2.05, 4.69) is 16.7 Å². The standard InChI is InChI=1S/C11H13N3/c1-14-6-5-9-8(7-11(12)13)3-2-4-10(9)14/h2-6H,7H2,1H3,(H3,12,13). The van der Waals surface area contributed by atoms with Crippen molar-refractivity contribution >= 4 is 16.7 Å². The van der Waals surface area contributed by atoms with E-state index in [1.807, 2.05) is 25.4 Å². The van der Waals surface area contributed by atoms with Gasteiger partial charge >= 0.3 is 0 Å². The highest BCUT2D eigenvalue weighted by molar-refractivity contribution is 5.89. The zero-order chi connectivity index (χ0) is 10.1. The third kappa shape index (κ3) is 1.37. The molecule has 3 nitrogen and oxygen atoms in total. The molecule has 1 aromatic carbocycles. The van der Waals surface area contributed by atoms with Crippen LogP contribution in [0.1, 0.15) is 5.56 Å². The van der Waals surface area contributed by atoms with Gasteiger partial charge in [0.05, 0.1) is 5.84 Å². The smallest absolute Gasteiger partial charge is 0.0950 e. The summed E-state index contributed by atoms with van der Waals surface area (Å²) in [5, 5.41) is 8.47. The van der Waals surface area contributed by atoms with Crippen LogP contribution in [0.3, 0.4) is 0 Å². The molecule has 0 unspecified atom stereocenters. The lowest BCUT2D eigenvalue weighted by Gasteiger charge is -2.02. The van der Waals surface area contributed by atoms with Gasteiger partial charge in [-0.15, -0.1) is 0 Å². The Morgan fingerprint density at radius 1 is 1.43 bits per heavy atom. The number of nitrogens with one attached hydrogen (secondary N) is 1. The van der Waals surface area contributed by atoms with Crippen molar-refractivity contribution < 1.29 is 0 Å². The van der Waals surface area contributed by atoms with E-state index in [9.17, 15) is 0 Å². The van der Waals surface area contributed by atoms with Crippen LogP contribution < -0.4 is 5.73 Å². The van der Waals surface area contributed by atoms with Crippen LogP contribution in [0.2, 0.25) is 0 Å². The van der Waals surface area contributed by atoms with E-state index in [0.717, 1.165) is 5.56 Å². The molecule has 0 aliphatic heterocycles. The Morgan fingerprint density at radius 2 is 2.21 bits per heavy atom. The zero-order valence-electron chi connectivity index (χ0n) is 8.12. The predicted molar refractivity (Wildman–Crippen MR) is 58.5 cm³/mol. The molecule has 0 saturated heterocycles. The Labute approximate surface area is 82.7 Å². The summed E-state index contributed by atoms with van der Waals surface area (Å²) in [6.07, 6.45) is 2.55. The zero-order valence-corrected chi connectivity index (χ0v) is 8.12. The number of aryl methyl sites for hydroxylation is 1. The van der Waals surface area contributed by atoms with E-state index in [1.165, 1.54) is 10.9 Å². The van der Waals surface area contributed by atoms with Gasteiger partial charge in [-0.05, 0) is 17.7 Å². The number of hydrogen-bond acceptors (Lipinski definition) is 1. The Hall–Kier alpha value is -1.77. The van der Waals surface area contributed by atoms with E-state index < -0.39 is 0 Å².